The second kappa shape index (κ2) is 8.16. The topological polar surface area (TPSA) is 85.5 Å². The van der Waals surface area contributed by atoms with E-state index in [4.69, 9.17) is 9.47 Å². The summed E-state index contributed by atoms with van der Waals surface area (Å²) in [7, 11) is 1.35. The first-order chi connectivity index (χ1) is 12.6. The third-order valence-corrected chi connectivity index (χ3v) is 4.28. The van der Waals surface area contributed by atoms with Crippen LogP contribution in [0.1, 0.15) is 51.5 Å². The Morgan fingerprint density at radius 3 is 2.41 bits per heavy atom. The third kappa shape index (κ3) is 4.42. The molecule has 2 rings (SSSR count). The minimum Gasteiger partial charge on any atom is -0.494 e. The molecule has 0 saturated carbocycles. The van der Waals surface area contributed by atoms with Crippen LogP contribution in [-0.2, 0) is 16.0 Å². The predicted molar refractivity (Wildman–Crippen MR) is 96.8 cm³/mol. The minimum atomic E-state index is -1.04. The number of aromatic nitrogens is 1. The number of ketones is 2. The van der Waals surface area contributed by atoms with Crippen LogP contribution < -0.4 is 4.74 Å². The number of esters is 1. The zero-order valence-electron chi connectivity index (χ0n) is 15.9. The number of rotatable bonds is 7. The highest BCUT2D eigenvalue weighted by atomic mass is 19.1. The quantitative estimate of drug-likeness (QED) is 0.593. The van der Waals surface area contributed by atoms with Crippen LogP contribution in [0.4, 0.5) is 4.39 Å². The van der Waals surface area contributed by atoms with E-state index in [-0.39, 0.29) is 23.6 Å². The zero-order chi connectivity index (χ0) is 20.3. The number of carbonyl (C=O) groups is 3. The highest BCUT2D eigenvalue weighted by molar-refractivity contribution is 6.05. The van der Waals surface area contributed by atoms with E-state index in [0.29, 0.717) is 22.4 Å². The molecule has 0 fully saturated rings. The predicted octanol–water partition coefficient (Wildman–Crippen LogP) is 3.34. The number of ether oxygens (including phenoxy) is 2. The first-order valence-electron chi connectivity index (χ1n) is 8.41. The molecule has 1 aromatic heterocycles. The minimum absolute atomic E-state index is 0.0783. The molecular formula is C20H22FNO5. The fourth-order valence-electron chi connectivity index (χ4n) is 3.01. The SMILES string of the molecule is COc1ccc(CC(=O)O[C@@H](C)C(=O)c2[nH]c(C)c(C(C)=O)c2C)cc1F. The van der Waals surface area contributed by atoms with E-state index in [2.05, 4.69) is 4.98 Å². The molecule has 1 atom stereocenters. The molecule has 0 radical (unpaired) electrons. The first kappa shape index (κ1) is 20.4. The van der Waals surface area contributed by atoms with Crippen molar-refractivity contribution in [2.75, 3.05) is 7.11 Å². The highest BCUT2D eigenvalue weighted by Gasteiger charge is 2.26. The maximum Gasteiger partial charge on any atom is 0.310 e. The number of carbonyl (C=O) groups excluding carboxylic acids is 3. The van der Waals surface area contributed by atoms with Crippen LogP contribution in [0.2, 0.25) is 0 Å². The Morgan fingerprint density at radius 1 is 1.22 bits per heavy atom. The fraction of sp³-hybridized carbons (Fsp3) is 0.350. The van der Waals surface area contributed by atoms with Crippen molar-refractivity contribution in [3.05, 3.63) is 52.1 Å². The molecular weight excluding hydrogens is 353 g/mol. The molecule has 7 heteroatoms. The van der Waals surface area contributed by atoms with Crippen LogP contribution in [0.3, 0.4) is 0 Å². The van der Waals surface area contributed by atoms with Gasteiger partial charge in [0, 0.05) is 11.3 Å². The maximum absolute atomic E-state index is 13.7. The summed E-state index contributed by atoms with van der Waals surface area (Å²) >= 11 is 0. The van der Waals surface area contributed by atoms with E-state index in [9.17, 15) is 18.8 Å². The molecule has 0 aliphatic rings. The number of hydrogen-bond acceptors (Lipinski definition) is 5. The summed E-state index contributed by atoms with van der Waals surface area (Å²) in [6.45, 7) is 6.25. The standard InChI is InChI=1S/C20H22FNO5/c1-10-18(12(3)23)11(2)22-19(10)20(25)13(4)27-17(24)9-14-6-7-16(26-5)15(21)8-14/h6-8,13,22H,9H2,1-5H3/t13-/m0/s1. The van der Waals surface area contributed by atoms with Crippen molar-refractivity contribution in [1.29, 1.82) is 0 Å². The third-order valence-electron chi connectivity index (χ3n) is 4.28. The number of nitrogens with one attached hydrogen (secondary N) is 1. The van der Waals surface area contributed by atoms with Crippen molar-refractivity contribution in [3.63, 3.8) is 0 Å². The van der Waals surface area contributed by atoms with Gasteiger partial charge >= 0.3 is 5.97 Å². The van der Waals surface area contributed by atoms with Gasteiger partial charge in [-0.05, 0) is 51.0 Å². The second-order valence-electron chi connectivity index (χ2n) is 6.32. The Bertz CT molecular complexity index is 900. The summed E-state index contributed by atoms with van der Waals surface area (Å²) in [6.07, 6.45) is -1.22. The number of aryl methyl sites for hydroxylation is 1. The van der Waals surface area contributed by atoms with Crippen LogP contribution in [0.5, 0.6) is 5.75 Å². The largest absolute Gasteiger partial charge is 0.494 e. The van der Waals surface area contributed by atoms with Crippen molar-refractivity contribution < 1.29 is 28.2 Å². The number of benzene rings is 1. The lowest BCUT2D eigenvalue weighted by Crippen LogP contribution is -2.26. The maximum atomic E-state index is 13.7. The van der Waals surface area contributed by atoms with Gasteiger partial charge in [-0.1, -0.05) is 6.07 Å². The fourth-order valence-corrected chi connectivity index (χ4v) is 3.01. The number of hydrogen-bond donors (Lipinski definition) is 1. The molecule has 6 nitrogen and oxygen atoms in total. The van der Waals surface area contributed by atoms with E-state index in [1.165, 1.54) is 33.1 Å². The number of Topliss-reactive ketones (excluding diaryl/α,β-unsaturated/α-hetero) is 2. The van der Waals surface area contributed by atoms with Crippen LogP contribution in [0.25, 0.3) is 0 Å². The molecule has 0 aliphatic heterocycles. The van der Waals surface area contributed by atoms with Crippen molar-refractivity contribution in [1.82, 2.24) is 4.98 Å². The molecule has 0 aliphatic carbocycles. The molecule has 1 heterocycles. The molecule has 2 aromatic rings. The van der Waals surface area contributed by atoms with E-state index >= 15 is 0 Å². The number of halogens is 1. The molecule has 0 amide bonds. The molecule has 27 heavy (non-hydrogen) atoms. The molecule has 0 bridgehead atoms. The smallest absolute Gasteiger partial charge is 0.310 e. The lowest BCUT2D eigenvalue weighted by atomic mass is 10.0. The van der Waals surface area contributed by atoms with E-state index in [1.54, 1.807) is 19.9 Å². The number of aromatic amines is 1. The van der Waals surface area contributed by atoms with Crippen LogP contribution >= 0.6 is 0 Å². The van der Waals surface area contributed by atoms with Gasteiger partial charge in [0.05, 0.1) is 19.2 Å². The van der Waals surface area contributed by atoms with Crippen molar-refractivity contribution in [2.24, 2.45) is 0 Å². The Morgan fingerprint density at radius 2 is 1.89 bits per heavy atom. The first-order valence-corrected chi connectivity index (χ1v) is 8.41. The Hall–Kier alpha value is -2.96. The van der Waals surface area contributed by atoms with Crippen LogP contribution in [0, 0.1) is 19.7 Å². The van der Waals surface area contributed by atoms with Crippen LogP contribution in [-0.4, -0.2) is 35.7 Å². The molecule has 0 unspecified atom stereocenters. The van der Waals surface area contributed by atoms with Crippen molar-refractivity contribution >= 4 is 17.5 Å². The Balaban J connectivity index is 2.08. The normalized spacial score (nSPS) is 11.8. The van der Waals surface area contributed by atoms with Gasteiger partial charge in [-0.2, -0.15) is 0 Å². The summed E-state index contributed by atoms with van der Waals surface area (Å²) in [4.78, 5) is 39.3. The van der Waals surface area contributed by atoms with Crippen LogP contribution in [0.15, 0.2) is 18.2 Å². The molecule has 0 spiro atoms. The Kier molecular flexibility index (Phi) is 6.15. The van der Waals surface area contributed by atoms with Gasteiger partial charge in [-0.3, -0.25) is 14.4 Å². The van der Waals surface area contributed by atoms with Crippen molar-refractivity contribution in [3.8, 4) is 5.75 Å². The van der Waals surface area contributed by atoms with Crippen molar-refractivity contribution in [2.45, 2.75) is 40.2 Å². The number of H-pyrrole nitrogens is 1. The Labute approximate surface area is 156 Å². The van der Waals surface area contributed by atoms with Gasteiger partial charge < -0.3 is 14.5 Å². The van der Waals surface area contributed by atoms with Gasteiger partial charge in [0.2, 0.25) is 5.78 Å². The molecule has 0 saturated heterocycles. The van der Waals surface area contributed by atoms with E-state index in [1.807, 2.05) is 0 Å². The summed E-state index contributed by atoms with van der Waals surface area (Å²) < 4.78 is 23.7. The lowest BCUT2D eigenvalue weighted by Gasteiger charge is -2.12. The van der Waals surface area contributed by atoms with Gasteiger partial charge in [-0.25, -0.2) is 4.39 Å². The monoisotopic (exact) mass is 375 g/mol. The average molecular weight is 375 g/mol. The summed E-state index contributed by atoms with van der Waals surface area (Å²) in [5, 5.41) is 0. The summed E-state index contributed by atoms with van der Waals surface area (Å²) in [6, 6.07) is 4.15. The van der Waals surface area contributed by atoms with E-state index in [0.717, 1.165) is 0 Å². The molecule has 1 aromatic carbocycles. The van der Waals surface area contributed by atoms with E-state index < -0.39 is 23.7 Å². The molecule has 144 valence electrons. The zero-order valence-corrected chi connectivity index (χ0v) is 15.9. The average Bonchev–Trinajstić information content (AvgIpc) is 2.88. The van der Waals surface area contributed by atoms with Gasteiger partial charge in [0.25, 0.3) is 0 Å². The highest BCUT2D eigenvalue weighted by Crippen LogP contribution is 2.21. The summed E-state index contributed by atoms with van der Waals surface area (Å²) in [5.41, 5.74) is 2.24. The van der Waals surface area contributed by atoms with Gasteiger partial charge in [0.1, 0.15) is 0 Å². The second-order valence-corrected chi connectivity index (χ2v) is 6.32. The number of methoxy groups -OCH3 is 1. The lowest BCUT2D eigenvalue weighted by molar-refractivity contribution is -0.145. The van der Waals surface area contributed by atoms with Gasteiger partial charge in [0.15, 0.2) is 23.5 Å². The van der Waals surface area contributed by atoms with Gasteiger partial charge in [-0.15, -0.1) is 0 Å². The molecule has 1 N–H and O–H groups in total. The summed E-state index contributed by atoms with van der Waals surface area (Å²) in [5.74, 6) is -1.74.